The number of allylic oxidation sites excluding steroid dienone is 5. The van der Waals surface area contributed by atoms with Crippen molar-refractivity contribution < 1.29 is 24.5 Å². The summed E-state index contributed by atoms with van der Waals surface area (Å²) in [5.74, 6) is -0.0405. The van der Waals surface area contributed by atoms with E-state index < -0.39 is 12.1 Å². The van der Waals surface area contributed by atoms with Crippen LogP contribution in [0, 0.1) is 0 Å². The first-order chi connectivity index (χ1) is 41.0. The van der Waals surface area contributed by atoms with Crippen molar-refractivity contribution in [3.8, 4) is 0 Å². The number of hydrogen-bond acceptors (Lipinski definition) is 5. The predicted octanol–water partition coefficient (Wildman–Crippen LogP) is 24.7. The molecule has 2 atom stereocenters. The quantitative estimate of drug-likeness (QED) is 0.0320. The molecule has 0 radical (unpaired) electrons. The highest BCUT2D eigenvalue weighted by Gasteiger charge is 2.18. The Morgan fingerprint density at radius 2 is 0.602 bits per heavy atom. The van der Waals surface area contributed by atoms with Crippen LogP contribution in [0.2, 0.25) is 0 Å². The van der Waals surface area contributed by atoms with Crippen molar-refractivity contribution in [2.45, 2.75) is 431 Å². The van der Waals surface area contributed by atoms with Gasteiger partial charge in [0.05, 0.1) is 25.4 Å². The van der Waals surface area contributed by atoms with E-state index in [-0.39, 0.29) is 18.5 Å². The van der Waals surface area contributed by atoms with E-state index in [0.29, 0.717) is 19.4 Å². The molecule has 0 aromatic carbocycles. The van der Waals surface area contributed by atoms with Gasteiger partial charge in [-0.2, -0.15) is 0 Å². The van der Waals surface area contributed by atoms with Crippen LogP contribution in [0.4, 0.5) is 0 Å². The number of carbonyl (C=O) groups excluding carboxylic acids is 2. The van der Waals surface area contributed by atoms with Gasteiger partial charge in [-0.25, -0.2) is 0 Å². The standard InChI is InChI=1S/C77H147NO5/c1-3-5-7-9-11-13-15-16-17-44-47-51-55-59-63-67-71-77(82)83-72-68-64-60-56-52-48-45-42-40-38-36-34-32-30-28-26-24-22-20-18-19-21-23-25-27-29-31-33-35-37-39-41-43-46-50-54-58-62-66-70-76(81)78-74(73-79)75(80)69-65-61-57-53-49-14-12-10-8-6-4-2/h18-19,22,24,65,69,74-75,79-80H,3-17,20-21,23,25-64,66-68,70-73H2,1-2H3,(H,78,81)/b19-18-,24-22-,69-65+. The predicted molar refractivity (Wildman–Crippen MR) is 366 cm³/mol. The largest absolute Gasteiger partial charge is 0.466 e. The van der Waals surface area contributed by atoms with Gasteiger partial charge in [-0.3, -0.25) is 9.59 Å². The molecule has 3 N–H and O–H groups in total. The Morgan fingerprint density at radius 3 is 0.916 bits per heavy atom. The second-order valence-corrected chi connectivity index (χ2v) is 26.0. The molecule has 0 heterocycles. The zero-order valence-corrected chi connectivity index (χ0v) is 56.2. The SMILES string of the molecule is CCCCCCCCCCC/C=C/C(O)C(CO)NC(=O)CCCCCCCCCCCCCCCCCCC/C=C\C/C=C\CCCCCCCCCCCCCCCCCOC(=O)CCCCCCCCCCCCCCCCCC. The van der Waals surface area contributed by atoms with Gasteiger partial charge in [-0.1, -0.05) is 378 Å². The first kappa shape index (κ1) is 81.1. The van der Waals surface area contributed by atoms with Gasteiger partial charge in [0.15, 0.2) is 0 Å². The average Bonchev–Trinajstić information content (AvgIpc) is 3.49. The van der Waals surface area contributed by atoms with Crippen LogP contribution in [-0.2, 0) is 14.3 Å². The summed E-state index contributed by atoms with van der Waals surface area (Å²) in [5, 5.41) is 23.1. The lowest BCUT2D eigenvalue weighted by molar-refractivity contribution is -0.143. The van der Waals surface area contributed by atoms with Crippen LogP contribution in [-0.4, -0.2) is 47.4 Å². The van der Waals surface area contributed by atoms with E-state index in [9.17, 15) is 19.8 Å². The lowest BCUT2D eigenvalue weighted by atomic mass is 10.0. The molecule has 0 fully saturated rings. The van der Waals surface area contributed by atoms with E-state index in [0.717, 1.165) is 44.9 Å². The number of ether oxygens (including phenoxy) is 1. The molecule has 1 amide bonds. The smallest absolute Gasteiger partial charge is 0.305 e. The fourth-order valence-electron chi connectivity index (χ4n) is 11.9. The third-order valence-corrected chi connectivity index (χ3v) is 17.7. The zero-order chi connectivity index (χ0) is 59.9. The van der Waals surface area contributed by atoms with Crippen LogP contribution < -0.4 is 5.32 Å². The number of unbranched alkanes of at least 4 members (excludes halogenated alkanes) is 56. The molecule has 0 saturated heterocycles. The Bertz CT molecular complexity index is 1340. The number of aliphatic hydroxyl groups is 2. The van der Waals surface area contributed by atoms with Crippen molar-refractivity contribution in [1.82, 2.24) is 5.32 Å². The molecule has 6 nitrogen and oxygen atoms in total. The summed E-state index contributed by atoms with van der Waals surface area (Å²) in [5.41, 5.74) is 0. The zero-order valence-electron chi connectivity index (χ0n) is 56.2. The fraction of sp³-hybridized carbons (Fsp3) is 0.896. The van der Waals surface area contributed by atoms with Gasteiger partial charge in [-0.05, 0) is 64.2 Å². The van der Waals surface area contributed by atoms with Crippen LogP contribution >= 0.6 is 0 Å². The highest BCUT2D eigenvalue weighted by Crippen LogP contribution is 2.19. The highest BCUT2D eigenvalue weighted by atomic mass is 16.5. The Morgan fingerprint density at radius 1 is 0.337 bits per heavy atom. The maximum absolute atomic E-state index is 12.4. The number of carbonyl (C=O) groups is 2. The molecule has 0 bridgehead atoms. The Hall–Kier alpha value is -1.92. The number of esters is 1. The summed E-state index contributed by atoms with van der Waals surface area (Å²) in [7, 11) is 0. The summed E-state index contributed by atoms with van der Waals surface area (Å²) in [4.78, 5) is 24.5. The van der Waals surface area contributed by atoms with E-state index in [1.165, 1.54) is 347 Å². The molecule has 0 aromatic heterocycles. The molecule has 490 valence electrons. The molecule has 0 rings (SSSR count). The Kier molecular flexibility index (Phi) is 70.9. The van der Waals surface area contributed by atoms with Crippen LogP contribution in [0.25, 0.3) is 0 Å². The number of aliphatic hydroxyl groups excluding tert-OH is 2. The van der Waals surface area contributed by atoms with Crippen LogP contribution in [0.1, 0.15) is 418 Å². The van der Waals surface area contributed by atoms with E-state index in [1.54, 1.807) is 6.08 Å². The lowest BCUT2D eigenvalue weighted by Crippen LogP contribution is -2.45. The van der Waals surface area contributed by atoms with Gasteiger partial charge in [0.1, 0.15) is 0 Å². The van der Waals surface area contributed by atoms with Crippen molar-refractivity contribution in [2.75, 3.05) is 13.2 Å². The van der Waals surface area contributed by atoms with E-state index in [2.05, 4.69) is 43.5 Å². The summed E-state index contributed by atoms with van der Waals surface area (Å²) in [6.07, 6.45) is 94.1. The van der Waals surface area contributed by atoms with E-state index in [4.69, 9.17) is 4.74 Å². The summed E-state index contributed by atoms with van der Waals surface area (Å²) in [6.45, 7) is 4.93. The highest BCUT2D eigenvalue weighted by molar-refractivity contribution is 5.76. The van der Waals surface area contributed by atoms with Gasteiger partial charge in [0.2, 0.25) is 5.91 Å². The minimum Gasteiger partial charge on any atom is -0.466 e. The summed E-state index contributed by atoms with van der Waals surface area (Å²) >= 11 is 0. The molecule has 0 saturated carbocycles. The minimum absolute atomic E-state index is 0.0241. The van der Waals surface area contributed by atoms with Crippen molar-refractivity contribution in [2.24, 2.45) is 0 Å². The molecular formula is C77H147NO5. The average molecular weight is 1170 g/mol. The molecule has 0 aliphatic carbocycles. The maximum Gasteiger partial charge on any atom is 0.305 e. The van der Waals surface area contributed by atoms with Gasteiger partial charge in [0.25, 0.3) is 0 Å². The molecule has 0 aliphatic rings. The third kappa shape index (κ3) is 69.1. The maximum atomic E-state index is 12.4. The minimum atomic E-state index is -0.841. The monoisotopic (exact) mass is 1170 g/mol. The molecule has 0 spiro atoms. The number of hydrogen-bond donors (Lipinski definition) is 3. The number of rotatable bonds is 71. The third-order valence-electron chi connectivity index (χ3n) is 17.7. The summed E-state index contributed by atoms with van der Waals surface area (Å²) in [6, 6.07) is -0.624. The summed E-state index contributed by atoms with van der Waals surface area (Å²) < 4.78 is 5.51. The Labute approximate surface area is 519 Å². The molecular weight excluding hydrogens is 1020 g/mol. The number of amides is 1. The number of nitrogens with one attached hydrogen (secondary N) is 1. The van der Waals surface area contributed by atoms with Crippen LogP contribution in [0.3, 0.4) is 0 Å². The van der Waals surface area contributed by atoms with Crippen molar-refractivity contribution >= 4 is 11.9 Å². The van der Waals surface area contributed by atoms with E-state index >= 15 is 0 Å². The molecule has 6 heteroatoms. The van der Waals surface area contributed by atoms with Crippen LogP contribution in [0.15, 0.2) is 36.5 Å². The van der Waals surface area contributed by atoms with Crippen molar-refractivity contribution in [3.63, 3.8) is 0 Å². The fourth-order valence-corrected chi connectivity index (χ4v) is 11.9. The molecule has 0 aliphatic heterocycles. The second-order valence-electron chi connectivity index (χ2n) is 26.0. The second kappa shape index (κ2) is 72.6. The first-order valence-corrected chi connectivity index (χ1v) is 37.8. The van der Waals surface area contributed by atoms with Gasteiger partial charge < -0.3 is 20.3 Å². The lowest BCUT2D eigenvalue weighted by Gasteiger charge is -2.20. The van der Waals surface area contributed by atoms with E-state index in [1.807, 2.05) is 6.08 Å². The Balaban J connectivity index is 3.33. The molecule has 2 unspecified atom stereocenters. The van der Waals surface area contributed by atoms with Gasteiger partial charge >= 0.3 is 5.97 Å². The van der Waals surface area contributed by atoms with Crippen LogP contribution in [0.5, 0.6) is 0 Å². The van der Waals surface area contributed by atoms with Crippen molar-refractivity contribution in [3.05, 3.63) is 36.5 Å². The van der Waals surface area contributed by atoms with Gasteiger partial charge in [0, 0.05) is 12.8 Å². The molecule has 0 aromatic rings. The van der Waals surface area contributed by atoms with Gasteiger partial charge in [-0.15, -0.1) is 0 Å². The first-order valence-electron chi connectivity index (χ1n) is 37.8. The topological polar surface area (TPSA) is 95.9 Å². The molecule has 83 heavy (non-hydrogen) atoms. The van der Waals surface area contributed by atoms with Crippen molar-refractivity contribution in [1.29, 1.82) is 0 Å². The normalized spacial score (nSPS) is 12.7.